The number of ketones is 3. The quantitative estimate of drug-likeness (QED) is 0.0399. The molecule has 0 aliphatic rings. The first-order valence-corrected chi connectivity index (χ1v) is 27.9. The van der Waals surface area contributed by atoms with Gasteiger partial charge in [0.25, 0.3) is 0 Å². The van der Waals surface area contributed by atoms with E-state index in [0.717, 1.165) is 12.1 Å². The first kappa shape index (κ1) is 67.1. The van der Waals surface area contributed by atoms with E-state index < -0.39 is 159 Å². The van der Waals surface area contributed by atoms with E-state index in [4.69, 9.17) is 25.5 Å². The number of carboxylic acids is 5. The fourth-order valence-electron chi connectivity index (χ4n) is 6.14. The Morgan fingerprint density at radius 2 is 1.01 bits per heavy atom. The predicted octanol–water partition coefficient (Wildman–Crippen LogP) is 3.96. The van der Waals surface area contributed by atoms with E-state index in [1.807, 2.05) is 0 Å². The summed E-state index contributed by atoms with van der Waals surface area (Å²) < 4.78 is 25.9. The number of nitrogens with one attached hydrogen (secondary N) is 2. The highest BCUT2D eigenvalue weighted by Crippen LogP contribution is 2.25. The topological polar surface area (TPSA) is 384 Å². The van der Waals surface area contributed by atoms with Crippen molar-refractivity contribution in [1.82, 2.24) is 10.6 Å². The summed E-state index contributed by atoms with van der Waals surface area (Å²) in [6.07, 6.45) is -2.69. The van der Waals surface area contributed by atoms with Crippen LogP contribution >= 0.6 is 61.2 Å². The first-order chi connectivity index (χ1) is 30.6. The van der Waals surface area contributed by atoms with Crippen LogP contribution in [-0.2, 0) is 62.6 Å². The van der Waals surface area contributed by atoms with Gasteiger partial charge < -0.3 is 55.7 Å². The lowest BCUT2D eigenvalue weighted by atomic mass is 9.90. The molecule has 0 unspecified atom stereocenters. The third-order valence-corrected chi connectivity index (χ3v) is 11.3. The molecular formula is C41H57I3N2O20S. The minimum Gasteiger partial charge on any atom is -0.507 e. The maximum Gasteiger partial charge on any atom is 0.339 e. The van der Waals surface area contributed by atoms with Crippen molar-refractivity contribution in [3.8, 4) is 5.75 Å². The summed E-state index contributed by atoms with van der Waals surface area (Å²) in [4.78, 5) is 138. The van der Waals surface area contributed by atoms with E-state index in [0.29, 0.717) is 18.6 Å². The monoisotopic (exact) mass is 1310 g/mol. The summed E-state index contributed by atoms with van der Waals surface area (Å²) in [5, 5.41) is 59.1. The molecule has 0 bridgehead atoms. The fraction of sp³-hybridized carbons (Fsp3) is 0.561. The van der Waals surface area contributed by atoms with Gasteiger partial charge in [-0.1, -0.05) is 27.7 Å². The second-order valence-electron chi connectivity index (χ2n) is 15.7. The van der Waals surface area contributed by atoms with E-state index >= 15 is 0 Å². The van der Waals surface area contributed by atoms with Gasteiger partial charge in [0, 0.05) is 87.1 Å². The summed E-state index contributed by atoms with van der Waals surface area (Å²) in [5.41, 5.74) is -0.691. The van der Waals surface area contributed by atoms with E-state index in [1.165, 1.54) is 6.92 Å². The normalized spacial score (nSPS) is 13.4. The standard InChI is InChI=1S/C23H29NO12S.C18H27NO8.I2.HI/c1-12(2)21(18(27)7-13(10-25)8-20(30)31)24-22(32)14(3-6-19(28)29)11-37(35,36)15-4-5-17(26)16(9-15)23(33)34;1-10(2)17(14(22)7-12(9-20)8-16(25)26)19-18(27)13(6-11(3)21)4-5-15(23)24;1-2;/h4-5,9-10,12-14,21,26H,3,6-8,11H2,1-2H3,(H,24,32)(H,28,29)(H,30,31)(H,33,34);9-10,12-13,17H,4-8H2,1-3H3,(H,19,27)(H,23,24)(H,25,26);;1H/t13-,14+,21-;12-,13+,17-;;/m00../s1. The summed E-state index contributed by atoms with van der Waals surface area (Å²) in [7, 11) is -4.36. The number of amides is 2. The summed E-state index contributed by atoms with van der Waals surface area (Å²) in [6, 6.07) is 0.323. The number of aldehydes is 2. The van der Waals surface area contributed by atoms with Crippen LogP contribution in [-0.4, -0.2) is 128 Å². The lowest BCUT2D eigenvalue weighted by Gasteiger charge is -2.25. The number of aliphatic carboxylic acids is 4. The van der Waals surface area contributed by atoms with Crippen LogP contribution in [0.25, 0.3) is 0 Å². The van der Waals surface area contributed by atoms with Gasteiger partial charge >= 0.3 is 29.8 Å². The molecule has 0 heterocycles. The minimum atomic E-state index is -4.36. The largest absolute Gasteiger partial charge is 0.507 e. The number of rotatable bonds is 30. The van der Waals surface area contributed by atoms with E-state index in [9.17, 15) is 71.1 Å². The van der Waals surface area contributed by atoms with Crippen LogP contribution in [0.15, 0.2) is 23.1 Å². The number of aromatic hydroxyl groups is 1. The molecule has 0 saturated carbocycles. The van der Waals surface area contributed by atoms with Crippen LogP contribution < -0.4 is 10.6 Å². The second-order valence-corrected chi connectivity index (χ2v) is 17.8. The van der Waals surface area contributed by atoms with Crippen molar-refractivity contribution in [1.29, 1.82) is 0 Å². The van der Waals surface area contributed by atoms with Crippen molar-refractivity contribution in [3.05, 3.63) is 23.8 Å². The van der Waals surface area contributed by atoms with Gasteiger partial charge in [0.1, 0.15) is 29.7 Å². The Kier molecular flexibility index (Phi) is 34.2. The zero-order chi connectivity index (χ0) is 51.6. The van der Waals surface area contributed by atoms with E-state index in [2.05, 4.69) is 47.9 Å². The molecule has 8 N–H and O–H groups in total. The van der Waals surface area contributed by atoms with Crippen LogP contribution in [0.2, 0.25) is 0 Å². The molecule has 67 heavy (non-hydrogen) atoms. The number of hydrogen-bond donors (Lipinski definition) is 8. The Balaban J connectivity index is -0.00000122. The Morgan fingerprint density at radius 1 is 0.627 bits per heavy atom. The van der Waals surface area contributed by atoms with Crippen molar-refractivity contribution < 1.29 is 96.6 Å². The summed E-state index contributed by atoms with van der Waals surface area (Å²) >= 11 is 4.24. The van der Waals surface area contributed by atoms with Gasteiger partial charge in [-0.2, -0.15) is 0 Å². The summed E-state index contributed by atoms with van der Waals surface area (Å²) in [5.74, 6) is -16.5. The maximum atomic E-state index is 13.0. The maximum absolute atomic E-state index is 13.0. The molecule has 1 aromatic rings. The van der Waals surface area contributed by atoms with Crippen molar-refractivity contribution in [2.45, 2.75) is 109 Å². The van der Waals surface area contributed by atoms with Crippen molar-refractivity contribution >= 4 is 143 Å². The molecule has 26 heteroatoms. The second kappa shape index (κ2) is 34.1. The highest BCUT2D eigenvalue weighted by Gasteiger charge is 2.34. The van der Waals surface area contributed by atoms with E-state index in [-0.39, 0.29) is 61.4 Å². The Morgan fingerprint density at radius 3 is 1.34 bits per heavy atom. The van der Waals surface area contributed by atoms with Gasteiger partial charge in [-0.05, 0) is 49.8 Å². The molecule has 0 spiro atoms. The van der Waals surface area contributed by atoms with Gasteiger partial charge in [-0.3, -0.25) is 38.4 Å². The molecule has 1 aromatic carbocycles. The number of halogens is 3. The minimum absolute atomic E-state index is 0. The average Bonchev–Trinajstić information content (AvgIpc) is 3.21. The molecule has 0 fully saturated rings. The van der Waals surface area contributed by atoms with Gasteiger partial charge in [-0.25, -0.2) is 13.2 Å². The molecule has 1 rings (SSSR count). The molecule has 378 valence electrons. The fourth-order valence-corrected chi connectivity index (χ4v) is 7.75. The number of phenols is 1. The van der Waals surface area contributed by atoms with Crippen LogP contribution in [0, 0.1) is 35.5 Å². The Labute approximate surface area is 426 Å². The number of Topliss-reactive ketones (excluding diaryl/α,β-unsaturated/α-hetero) is 3. The van der Waals surface area contributed by atoms with Crippen LogP contribution in [0.5, 0.6) is 5.75 Å². The first-order valence-electron chi connectivity index (χ1n) is 19.9. The highest BCUT2D eigenvalue weighted by atomic mass is 128. The Hall–Kier alpha value is -4.20. The number of benzene rings is 1. The third-order valence-electron chi connectivity index (χ3n) is 9.47. The SMILES string of the molecule is CC(=O)C[C@@H](CCC(=O)O)C(=O)N[C@H](C(=O)C[C@H](C=O)CC(=O)O)C(C)C.CC(C)[C@H](NC(=O)[C@H](CCC(=O)O)CS(=O)(=O)c1ccc(O)c(C(=O)O)c1)C(=O)C[C@H](C=O)CC(=O)O.I.II. The zero-order valence-electron chi connectivity index (χ0n) is 37.0. The molecular weight excluding hydrogens is 1250 g/mol. The lowest BCUT2D eigenvalue weighted by molar-refractivity contribution is -0.141. The molecule has 0 saturated heterocycles. The molecule has 22 nitrogen and oxygen atoms in total. The smallest absolute Gasteiger partial charge is 0.339 e. The van der Waals surface area contributed by atoms with Crippen LogP contribution in [0.4, 0.5) is 0 Å². The number of aromatic carboxylic acids is 1. The molecule has 0 aromatic heterocycles. The van der Waals surface area contributed by atoms with Crippen LogP contribution in [0.3, 0.4) is 0 Å². The number of carbonyl (C=O) groups excluding carboxylic acids is 7. The van der Waals surface area contributed by atoms with Gasteiger partial charge in [0.15, 0.2) is 21.4 Å². The van der Waals surface area contributed by atoms with Crippen molar-refractivity contribution in [2.24, 2.45) is 35.5 Å². The molecule has 0 aliphatic carbocycles. The predicted molar refractivity (Wildman–Crippen MR) is 263 cm³/mol. The number of sulfone groups is 1. The number of carbonyl (C=O) groups is 12. The number of carboxylic acid groups (broad SMARTS) is 5. The summed E-state index contributed by atoms with van der Waals surface area (Å²) in [6.45, 7) is 7.75. The highest BCUT2D eigenvalue weighted by molar-refractivity contribution is 15.0. The number of hydrogen-bond acceptors (Lipinski definition) is 15. The van der Waals surface area contributed by atoms with Gasteiger partial charge in [0.2, 0.25) is 11.8 Å². The average molecular weight is 1310 g/mol. The van der Waals surface area contributed by atoms with Gasteiger partial charge in [0.05, 0.1) is 41.5 Å². The molecule has 6 atom stereocenters. The third kappa shape index (κ3) is 27.4. The van der Waals surface area contributed by atoms with Crippen molar-refractivity contribution in [2.75, 3.05) is 5.75 Å². The Bertz CT molecular complexity index is 2030. The van der Waals surface area contributed by atoms with E-state index in [1.54, 1.807) is 27.7 Å². The van der Waals surface area contributed by atoms with Gasteiger partial charge in [-0.15, -0.1) is 24.0 Å². The lowest BCUT2D eigenvalue weighted by Crippen LogP contribution is -2.48. The molecule has 0 aliphatic heterocycles. The molecule has 0 radical (unpaired) electrons. The molecule has 2 amide bonds. The zero-order valence-corrected chi connectivity index (χ0v) is 44.5. The van der Waals surface area contributed by atoms with Crippen LogP contribution in [0.1, 0.15) is 103 Å². The van der Waals surface area contributed by atoms with Crippen molar-refractivity contribution in [3.63, 3.8) is 0 Å².